The highest BCUT2D eigenvalue weighted by Gasteiger charge is 2.21. The van der Waals surface area contributed by atoms with Crippen LogP contribution >= 0.6 is 0 Å². The fourth-order valence-electron chi connectivity index (χ4n) is 3.64. The molecular weight excluding hydrogens is 382 g/mol. The highest BCUT2D eigenvalue weighted by atomic mass is 16.6. The molecular formula is C21H17N7O2. The maximum atomic E-state index is 11.2. The number of hydrogen-bond donors (Lipinski definition) is 0. The summed E-state index contributed by atoms with van der Waals surface area (Å²) in [5.74, 6) is 0.612. The van der Waals surface area contributed by atoms with Crippen molar-refractivity contribution < 1.29 is 4.92 Å². The Morgan fingerprint density at radius 3 is 2.53 bits per heavy atom. The van der Waals surface area contributed by atoms with E-state index in [1.165, 1.54) is 0 Å². The van der Waals surface area contributed by atoms with Crippen molar-refractivity contribution in [1.82, 2.24) is 29.4 Å². The molecule has 30 heavy (non-hydrogen) atoms. The second-order valence-electron chi connectivity index (χ2n) is 7.10. The molecule has 0 spiro atoms. The van der Waals surface area contributed by atoms with Gasteiger partial charge >= 0.3 is 5.69 Å². The Kier molecular flexibility index (Phi) is 4.02. The van der Waals surface area contributed by atoms with Gasteiger partial charge in [-0.15, -0.1) is 5.10 Å². The van der Waals surface area contributed by atoms with E-state index < -0.39 is 0 Å². The lowest BCUT2D eigenvalue weighted by Gasteiger charge is -2.04. The second-order valence-corrected chi connectivity index (χ2v) is 7.10. The molecule has 3 aromatic heterocycles. The average Bonchev–Trinajstić information content (AvgIpc) is 3.29. The fourth-order valence-corrected chi connectivity index (χ4v) is 3.64. The van der Waals surface area contributed by atoms with Gasteiger partial charge in [0.25, 0.3) is 0 Å². The van der Waals surface area contributed by atoms with E-state index in [-0.39, 0.29) is 10.6 Å². The second kappa shape index (κ2) is 6.73. The van der Waals surface area contributed by atoms with Crippen molar-refractivity contribution in [3.63, 3.8) is 0 Å². The number of hydrogen-bond acceptors (Lipinski definition) is 6. The van der Waals surface area contributed by atoms with Gasteiger partial charge in [-0.25, -0.2) is 14.5 Å². The molecule has 2 aromatic carbocycles. The standard InChI is InChI=1S/C21H17N7O2/c1-13-19(28(29)30)14(2)26(24-13)11-15-7-9-16(10-8-15)20-23-21-17-5-3-4-6-18(17)22-12-27(21)25-20/h3-10,12H,11H2,1-2H3. The molecule has 0 aliphatic carbocycles. The first-order chi connectivity index (χ1) is 14.5. The summed E-state index contributed by atoms with van der Waals surface area (Å²) in [6, 6.07) is 15.6. The maximum Gasteiger partial charge on any atom is 0.312 e. The van der Waals surface area contributed by atoms with Crippen molar-refractivity contribution in [3.8, 4) is 11.4 Å². The monoisotopic (exact) mass is 399 g/mol. The van der Waals surface area contributed by atoms with E-state index in [0.717, 1.165) is 27.7 Å². The molecule has 0 amide bonds. The van der Waals surface area contributed by atoms with Gasteiger partial charge in [-0.05, 0) is 31.5 Å². The van der Waals surface area contributed by atoms with E-state index in [0.29, 0.717) is 23.8 Å². The van der Waals surface area contributed by atoms with Crippen molar-refractivity contribution in [2.45, 2.75) is 20.4 Å². The van der Waals surface area contributed by atoms with Gasteiger partial charge in [0.1, 0.15) is 17.7 Å². The number of nitro groups is 1. The lowest BCUT2D eigenvalue weighted by Crippen LogP contribution is -2.04. The number of aryl methyl sites for hydroxylation is 1. The summed E-state index contributed by atoms with van der Waals surface area (Å²) in [5.41, 5.74) is 4.53. The van der Waals surface area contributed by atoms with E-state index in [2.05, 4.69) is 15.2 Å². The van der Waals surface area contributed by atoms with Crippen LogP contribution in [-0.2, 0) is 6.54 Å². The quantitative estimate of drug-likeness (QED) is 0.337. The molecule has 0 unspecified atom stereocenters. The van der Waals surface area contributed by atoms with Crippen LogP contribution in [0.3, 0.4) is 0 Å². The summed E-state index contributed by atoms with van der Waals surface area (Å²) in [6.07, 6.45) is 1.66. The summed E-state index contributed by atoms with van der Waals surface area (Å²) in [6.45, 7) is 3.82. The first-order valence-corrected chi connectivity index (χ1v) is 9.39. The van der Waals surface area contributed by atoms with Gasteiger partial charge in [0, 0.05) is 10.9 Å². The number of para-hydroxylation sites is 1. The van der Waals surface area contributed by atoms with Gasteiger partial charge in [-0.3, -0.25) is 14.8 Å². The van der Waals surface area contributed by atoms with Crippen LogP contribution in [0.5, 0.6) is 0 Å². The van der Waals surface area contributed by atoms with E-state index in [9.17, 15) is 10.1 Å². The SMILES string of the molecule is Cc1nn(Cc2ccc(-c3nc4c5ccccc5ncn4n3)cc2)c(C)c1[N+](=O)[O-]. The molecule has 148 valence electrons. The Hall–Kier alpha value is -4.14. The van der Waals surface area contributed by atoms with Crippen molar-refractivity contribution in [3.05, 3.63) is 81.9 Å². The highest BCUT2D eigenvalue weighted by molar-refractivity contribution is 5.91. The van der Waals surface area contributed by atoms with Gasteiger partial charge in [0.2, 0.25) is 0 Å². The van der Waals surface area contributed by atoms with Crippen LogP contribution in [0.2, 0.25) is 0 Å². The highest BCUT2D eigenvalue weighted by Crippen LogP contribution is 2.24. The molecule has 0 fully saturated rings. The first-order valence-electron chi connectivity index (χ1n) is 9.39. The van der Waals surface area contributed by atoms with Gasteiger partial charge in [-0.1, -0.05) is 36.4 Å². The zero-order chi connectivity index (χ0) is 20.8. The molecule has 9 nitrogen and oxygen atoms in total. The molecule has 0 atom stereocenters. The normalized spacial score (nSPS) is 11.4. The molecule has 0 aliphatic heterocycles. The topological polar surface area (TPSA) is 104 Å². The molecule has 0 bridgehead atoms. The van der Waals surface area contributed by atoms with Crippen LogP contribution in [0, 0.1) is 24.0 Å². The molecule has 0 saturated carbocycles. The third kappa shape index (κ3) is 2.87. The van der Waals surface area contributed by atoms with Crippen molar-refractivity contribution in [2.24, 2.45) is 0 Å². The van der Waals surface area contributed by atoms with E-state index in [1.807, 2.05) is 48.5 Å². The van der Waals surface area contributed by atoms with Crippen molar-refractivity contribution >= 4 is 22.2 Å². The molecule has 0 aliphatic rings. The zero-order valence-corrected chi connectivity index (χ0v) is 16.4. The summed E-state index contributed by atoms with van der Waals surface area (Å²) >= 11 is 0. The van der Waals surface area contributed by atoms with Crippen LogP contribution in [0.1, 0.15) is 17.0 Å². The Morgan fingerprint density at radius 2 is 1.80 bits per heavy atom. The first kappa shape index (κ1) is 17.9. The van der Waals surface area contributed by atoms with Crippen LogP contribution in [-0.4, -0.2) is 34.3 Å². The number of benzene rings is 2. The van der Waals surface area contributed by atoms with E-state index in [4.69, 9.17) is 4.98 Å². The molecule has 0 saturated heterocycles. The summed E-state index contributed by atoms with van der Waals surface area (Å²) < 4.78 is 3.34. The fraction of sp³-hybridized carbons (Fsp3) is 0.143. The van der Waals surface area contributed by atoms with Gasteiger partial charge < -0.3 is 0 Å². The van der Waals surface area contributed by atoms with E-state index in [1.54, 1.807) is 29.4 Å². The minimum Gasteiger partial charge on any atom is -0.258 e. The summed E-state index contributed by atoms with van der Waals surface area (Å²) in [7, 11) is 0. The Balaban J connectivity index is 1.46. The number of nitrogens with zero attached hydrogens (tertiary/aromatic N) is 7. The van der Waals surface area contributed by atoms with Gasteiger partial charge in [0.15, 0.2) is 11.5 Å². The van der Waals surface area contributed by atoms with Gasteiger partial charge in [0.05, 0.1) is 17.0 Å². The number of fused-ring (bicyclic) bond motifs is 3. The average molecular weight is 399 g/mol. The number of aromatic nitrogens is 6. The van der Waals surface area contributed by atoms with Gasteiger partial charge in [-0.2, -0.15) is 5.10 Å². The van der Waals surface area contributed by atoms with E-state index >= 15 is 0 Å². The minimum absolute atomic E-state index is 0.0707. The third-order valence-electron chi connectivity index (χ3n) is 5.15. The third-order valence-corrected chi connectivity index (χ3v) is 5.15. The smallest absolute Gasteiger partial charge is 0.258 e. The largest absolute Gasteiger partial charge is 0.312 e. The van der Waals surface area contributed by atoms with Crippen LogP contribution in [0.15, 0.2) is 54.9 Å². The molecule has 0 radical (unpaired) electrons. The van der Waals surface area contributed by atoms with Crippen LogP contribution in [0.25, 0.3) is 27.9 Å². The zero-order valence-electron chi connectivity index (χ0n) is 16.4. The Morgan fingerprint density at radius 1 is 1.03 bits per heavy atom. The lowest BCUT2D eigenvalue weighted by molar-refractivity contribution is -0.386. The molecule has 0 N–H and O–H groups in total. The lowest BCUT2D eigenvalue weighted by atomic mass is 10.1. The Labute approximate surface area is 170 Å². The van der Waals surface area contributed by atoms with Crippen LogP contribution in [0.4, 0.5) is 5.69 Å². The summed E-state index contributed by atoms with van der Waals surface area (Å²) in [5, 5.41) is 21.0. The molecule has 3 heterocycles. The molecule has 9 heteroatoms. The Bertz CT molecular complexity index is 1420. The van der Waals surface area contributed by atoms with Crippen LogP contribution < -0.4 is 0 Å². The molecule has 5 rings (SSSR count). The van der Waals surface area contributed by atoms with Crippen molar-refractivity contribution in [2.75, 3.05) is 0 Å². The summed E-state index contributed by atoms with van der Waals surface area (Å²) in [4.78, 5) is 19.9. The predicted octanol–water partition coefficient (Wildman–Crippen LogP) is 3.71. The number of rotatable bonds is 4. The molecule has 5 aromatic rings. The minimum atomic E-state index is -0.384. The predicted molar refractivity (Wildman–Crippen MR) is 111 cm³/mol. The maximum absolute atomic E-state index is 11.2. The van der Waals surface area contributed by atoms with Crippen molar-refractivity contribution in [1.29, 1.82) is 0 Å².